The van der Waals surface area contributed by atoms with Crippen LogP contribution in [0.5, 0.6) is 0 Å². The Bertz CT molecular complexity index is 420. The molecule has 0 bridgehead atoms. The Morgan fingerprint density at radius 2 is 1.23 bits per heavy atom. The first-order valence-corrected chi connectivity index (χ1v) is 8.78. The molecule has 13 heteroatoms. The molecule has 0 aliphatic heterocycles. The predicted molar refractivity (Wildman–Crippen MR) is 54.9 cm³/mol. The van der Waals surface area contributed by atoms with Crippen molar-refractivity contribution in [2.24, 2.45) is 5.92 Å². The molecule has 0 aromatic carbocycles. The maximum Gasteiger partial charge on any atom is 0.459 e. The second-order valence-electron chi connectivity index (χ2n) is 5.20. The van der Waals surface area contributed by atoms with E-state index >= 15 is 0 Å². The lowest BCUT2D eigenvalue weighted by atomic mass is 9.94. The van der Waals surface area contributed by atoms with Gasteiger partial charge in [-0.2, -0.15) is 43.9 Å². The monoisotopic (exact) mass is 368 g/mol. The van der Waals surface area contributed by atoms with Crippen LogP contribution >= 0.6 is 0 Å². The van der Waals surface area contributed by atoms with E-state index in [9.17, 15) is 48.7 Å². The highest BCUT2D eigenvalue weighted by atomic mass is 28.4. The van der Waals surface area contributed by atoms with Crippen LogP contribution in [-0.4, -0.2) is 38.5 Å². The fourth-order valence-electron chi connectivity index (χ4n) is 1.22. The maximum absolute atomic E-state index is 13.2. The molecule has 0 heterocycles. The molecule has 1 atom stereocenters. The molecule has 132 valence electrons. The molecule has 22 heavy (non-hydrogen) atoms. The largest absolute Gasteiger partial charge is 0.519 e. The Morgan fingerprint density at radius 1 is 0.864 bits per heavy atom. The fraction of sp³-hybridized carbons (Fsp3) is 0.889. The molecular formula is C9H10F10O2Si. The molecule has 0 fully saturated rings. The van der Waals surface area contributed by atoms with Crippen molar-refractivity contribution in [3.8, 4) is 0 Å². The van der Waals surface area contributed by atoms with Gasteiger partial charge in [-0.1, -0.05) is 0 Å². The molecule has 0 amide bonds. The van der Waals surface area contributed by atoms with Crippen LogP contribution in [0.2, 0.25) is 19.6 Å². The highest BCUT2D eigenvalue weighted by Crippen LogP contribution is 2.53. The van der Waals surface area contributed by atoms with E-state index in [4.69, 9.17) is 0 Å². The molecule has 0 aromatic heterocycles. The minimum absolute atomic E-state index is 1.05. The molecule has 0 saturated carbocycles. The highest BCUT2D eigenvalue weighted by Gasteiger charge is 2.80. The Hall–Kier alpha value is -1.01. The average Bonchev–Trinajstić information content (AvgIpc) is 2.07. The molecule has 1 unspecified atom stereocenters. The summed E-state index contributed by atoms with van der Waals surface area (Å²) in [6, 6.07) is 0. The molecule has 0 aliphatic rings. The molecule has 0 aliphatic carbocycles. The molecule has 0 saturated heterocycles. The average molecular weight is 368 g/mol. The third-order valence-corrected chi connectivity index (χ3v) is 2.92. The third-order valence-electron chi connectivity index (χ3n) is 2.11. The Balaban J connectivity index is 5.98. The van der Waals surface area contributed by atoms with E-state index < -0.39 is 44.4 Å². The van der Waals surface area contributed by atoms with Gasteiger partial charge in [0.15, 0.2) is 0 Å². The van der Waals surface area contributed by atoms with Crippen LogP contribution in [-0.2, 0) is 9.22 Å². The van der Waals surface area contributed by atoms with E-state index in [2.05, 4.69) is 4.43 Å². The van der Waals surface area contributed by atoms with Gasteiger partial charge in [0, 0.05) is 0 Å². The molecule has 0 radical (unpaired) electrons. The smallest absolute Gasteiger partial charge is 0.459 e. The van der Waals surface area contributed by atoms with Crippen molar-refractivity contribution in [2.75, 3.05) is 0 Å². The Morgan fingerprint density at radius 3 is 1.45 bits per heavy atom. The topological polar surface area (TPSA) is 26.3 Å². The van der Waals surface area contributed by atoms with Crippen molar-refractivity contribution >= 4 is 14.3 Å². The zero-order chi connectivity index (χ0) is 18.4. The van der Waals surface area contributed by atoms with E-state index in [1.165, 1.54) is 0 Å². The van der Waals surface area contributed by atoms with Gasteiger partial charge in [0.1, 0.15) is 0 Å². The standard InChI is InChI=1S/C9H10F10O2Si/c1-22(2,3)21-5(20)4(7(12,13)14)6(10,11)8(15,16)9(17,18)19/h4H,1-3H3. The zero-order valence-corrected chi connectivity index (χ0v) is 12.2. The van der Waals surface area contributed by atoms with Crippen LogP contribution in [0.1, 0.15) is 0 Å². The molecule has 0 rings (SSSR count). The summed E-state index contributed by atoms with van der Waals surface area (Å²) in [5.41, 5.74) is 0. The molecule has 0 N–H and O–H groups in total. The van der Waals surface area contributed by atoms with E-state index in [0.717, 1.165) is 19.6 Å². The summed E-state index contributed by atoms with van der Waals surface area (Å²) in [6.45, 7) is 3.16. The van der Waals surface area contributed by atoms with Gasteiger partial charge >= 0.3 is 30.2 Å². The number of hydrogen-bond donors (Lipinski definition) is 0. The number of carbonyl (C=O) groups excluding carboxylic acids is 1. The summed E-state index contributed by atoms with van der Waals surface area (Å²) in [6.07, 6.45) is -13.4. The van der Waals surface area contributed by atoms with Crippen molar-refractivity contribution in [3.63, 3.8) is 0 Å². The molecule has 2 nitrogen and oxygen atoms in total. The van der Waals surface area contributed by atoms with E-state index in [1.54, 1.807) is 0 Å². The second kappa shape index (κ2) is 5.56. The quantitative estimate of drug-likeness (QED) is 0.544. The van der Waals surface area contributed by atoms with Crippen molar-refractivity contribution in [1.82, 2.24) is 0 Å². The summed E-state index contributed by atoms with van der Waals surface area (Å²) >= 11 is 0. The second-order valence-corrected chi connectivity index (χ2v) is 9.63. The van der Waals surface area contributed by atoms with Gasteiger partial charge in [0.2, 0.25) is 14.2 Å². The van der Waals surface area contributed by atoms with E-state index in [-0.39, 0.29) is 0 Å². The lowest BCUT2D eigenvalue weighted by Crippen LogP contribution is -2.61. The van der Waals surface area contributed by atoms with Crippen molar-refractivity contribution in [3.05, 3.63) is 0 Å². The van der Waals surface area contributed by atoms with Crippen molar-refractivity contribution in [1.29, 1.82) is 0 Å². The van der Waals surface area contributed by atoms with Gasteiger partial charge in [0.05, 0.1) is 0 Å². The summed E-state index contributed by atoms with van der Waals surface area (Å²) in [5.74, 6) is -21.7. The van der Waals surface area contributed by atoms with Crippen LogP contribution in [0.25, 0.3) is 0 Å². The van der Waals surface area contributed by atoms with Crippen molar-refractivity contribution in [2.45, 2.75) is 43.8 Å². The normalized spacial score (nSPS) is 16.4. The minimum atomic E-state index is -7.07. The lowest BCUT2D eigenvalue weighted by Gasteiger charge is -2.34. The zero-order valence-electron chi connectivity index (χ0n) is 11.2. The number of rotatable bonds is 4. The number of hydrogen-bond acceptors (Lipinski definition) is 2. The summed E-state index contributed by atoms with van der Waals surface area (Å²) in [7, 11) is -3.25. The molecular weight excluding hydrogens is 358 g/mol. The first-order valence-electron chi connectivity index (χ1n) is 5.37. The number of halogens is 10. The third kappa shape index (κ3) is 4.26. The van der Waals surface area contributed by atoms with Gasteiger partial charge in [-0.05, 0) is 19.6 Å². The maximum atomic E-state index is 13.2. The predicted octanol–water partition coefficient (Wildman–Crippen LogP) is 4.38. The summed E-state index contributed by atoms with van der Waals surface area (Å²) in [4.78, 5) is 11.1. The fourth-order valence-corrected chi connectivity index (χ4v) is 1.94. The van der Waals surface area contributed by atoms with Gasteiger partial charge in [0.25, 0.3) is 0 Å². The lowest BCUT2D eigenvalue weighted by molar-refractivity contribution is -0.382. The molecule has 0 spiro atoms. The van der Waals surface area contributed by atoms with Crippen LogP contribution in [0.3, 0.4) is 0 Å². The first kappa shape index (κ1) is 21.0. The van der Waals surface area contributed by atoms with Crippen LogP contribution in [0.4, 0.5) is 43.9 Å². The summed E-state index contributed by atoms with van der Waals surface area (Å²) < 4.78 is 129. The number of alkyl halides is 10. The van der Waals surface area contributed by atoms with E-state index in [1.807, 2.05) is 0 Å². The first-order chi connectivity index (χ1) is 9.25. The van der Waals surface area contributed by atoms with Crippen LogP contribution < -0.4 is 0 Å². The highest BCUT2D eigenvalue weighted by molar-refractivity contribution is 6.71. The van der Waals surface area contributed by atoms with Crippen molar-refractivity contribution < 1.29 is 53.1 Å². The molecule has 0 aromatic rings. The van der Waals surface area contributed by atoms with E-state index in [0.29, 0.717) is 0 Å². The SMILES string of the molecule is C[Si](C)(C)OC(=O)C(C(F)(F)F)C(F)(F)C(F)(F)C(F)(F)F. The Kier molecular flexibility index (Phi) is 5.31. The van der Waals surface area contributed by atoms with Gasteiger partial charge in [-0.15, -0.1) is 0 Å². The van der Waals surface area contributed by atoms with Crippen LogP contribution in [0, 0.1) is 5.92 Å². The Labute approximate surface area is 118 Å². The number of carbonyl (C=O) groups is 1. The van der Waals surface area contributed by atoms with Gasteiger partial charge < -0.3 is 4.43 Å². The van der Waals surface area contributed by atoms with Gasteiger partial charge in [-0.3, -0.25) is 4.79 Å². The van der Waals surface area contributed by atoms with Gasteiger partial charge in [-0.25, -0.2) is 0 Å². The minimum Gasteiger partial charge on any atom is -0.519 e. The van der Waals surface area contributed by atoms with Crippen LogP contribution in [0.15, 0.2) is 0 Å². The summed E-state index contributed by atoms with van der Waals surface area (Å²) in [5, 5.41) is 0.